The van der Waals surface area contributed by atoms with Crippen LogP contribution in [-0.2, 0) is 0 Å². The van der Waals surface area contributed by atoms with Crippen molar-refractivity contribution in [3.63, 3.8) is 0 Å². The number of nitrogens with zero attached hydrogens (tertiary/aromatic N) is 4. The van der Waals surface area contributed by atoms with Crippen molar-refractivity contribution in [1.82, 2.24) is 20.0 Å². The molecule has 0 aromatic rings. The average molecular weight is 477 g/mol. The van der Waals surface area contributed by atoms with Crippen LogP contribution in [0, 0.1) is 5.92 Å². The number of hydrogen-bond donors (Lipinski definition) is 1. The summed E-state index contributed by atoms with van der Waals surface area (Å²) in [6, 6.07) is 0. The van der Waals surface area contributed by atoms with E-state index in [0.29, 0.717) is 5.54 Å². The fourth-order valence-electron chi connectivity index (χ4n) is 4.80. The van der Waals surface area contributed by atoms with Gasteiger partial charge in [0.15, 0.2) is 5.96 Å². The first-order valence-corrected chi connectivity index (χ1v) is 10.5. The molecule has 3 rings (SSSR count). The van der Waals surface area contributed by atoms with E-state index in [1.54, 1.807) is 0 Å². The average Bonchev–Trinajstić information content (AvgIpc) is 2.66. The van der Waals surface area contributed by atoms with E-state index >= 15 is 0 Å². The molecule has 0 atom stereocenters. The molecule has 0 bridgehead atoms. The molecule has 0 amide bonds. The van der Waals surface area contributed by atoms with Gasteiger partial charge in [0.1, 0.15) is 0 Å². The van der Waals surface area contributed by atoms with Gasteiger partial charge in [0.05, 0.1) is 0 Å². The number of nitrogens with one attached hydrogen (secondary N) is 1. The van der Waals surface area contributed by atoms with Crippen LogP contribution in [0.25, 0.3) is 0 Å². The van der Waals surface area contributed by atoms with Gasteiger partial charge in [-0.05, 0) is 77.7 Å². The Bertz CT molecular complexity index is 433. The Morgan fingerprint density at radius 2 is 1.62 bits per heavy atom. The van der Waals surface area contributed by atoms with E-state index < -0.39 is 0 Å². The van der Waals surface area contributed by atoms with Crippen molar-refractivity contribution in [1.29, 1.82) is 0 Å². The van der Waals surface area contributed by atoms with Crippen molar-refractivity contribution in [2.45, 2.75) is 57.4 Å². The molecule has 3 fully saturated rings. The van der Waals surface area contributed by atoms with Gasteiger partial charge in [-0.25, -0.2) is 0 Å². The Labute approximate surface area is 178 Å². The lowest BCUT2D eigenvalue weighted by Gasteiger charge is -2.50. The molecular weight excluding hydrogens is 437 g/mol. The van der Waals surface area contributed by atoms with Gasteiger partial charge in [0, 0.05) is 32.2 Å². The largest absolute Gasteiger partial charge is 0.354 e. The third-order valence-corrected chi connectivity index (χ3v) is 6.82. The van der Waals surface area contributed by atoms with Crippen molar-refractivity contribution >= 4 is 29.9 Å². The van der Waals surface area contributed by atoms with E-state index in [2.05, 4.69) is 39.0 Å². The number of piperidine rings is 3. The first-order valence-electron chi connectivity index (χ1n) is 10.5. The molecule has 0 aromatic carbocycles. The number of aliphatic imine (C=N–C) groups is 1. The summed E-state index contributed by atoms with van der Waals surface area (Å²) in [7, 11) is 4.21. The summed E-state index contributed by atoms with van der Waals surface area (Å²) in [5.74, 6) is 1.99. The predicted molar refractivity (Wildman–Crippen MR) is 122 cm³/mol. The first-order chi connectivity index (χ1) is 12.1. The van der Waals surface area contributed by atoms with Gasteiger partial charge in [-0.3, -0.25) is 9.89 Å². The molecule has 0 unspecified atom stereocenters. The van der Waals surface area contributed by atoms with Gasteiger partial charge in [0.2, 0.25) is 0 Å². The Morgan fingerprint density at radius 3 is 2.19 bits per heavy atom. The van der Waals surface area contributed by atoms with Gasteiger partial charge < -0.3 is 15.1 Å². The van der Waals surface area contributed by atoms with Gasteiger partial charge >= 0.3 is 0 Å². The highest BCUT2D eigenvalue weighted by molar-refractivity contribution is 14.0. The maximum atomic E-state index is 4.61. The van der Waals surface area contributed by atoms with Crippen molar-refractivity contribution in [3.8, 4) is 0 Å². The predicted octanol–water partition coefficient (Wildman–Crippen LogP) is 2.86. The highest BCUT2D eigenvalue weighted by Crippen LogP contribution is 2.31. The summed E-state index contributed by atoms with van der Waals surface area (Å²) in [5, 5.41) is 3.79. The van der Waals surface area contributed by atoms with E-state index in [-0.39, 0.29) is 24.0 Å². The third-order valence-electron chi connectivity index (χ3n) is 6.82. The highest BCUT2D eigenvalue weighted by Gasteiger charge is 2.39. The molecule has 0 aliphatic carbocycles. The molecule has 6 heteroatoms. The number of likely N-dealkylation sites (tertiary alicyclic amines) is 3. The van der Waals surface area contributed by atoms with E-state index in [9.17, 15) is 0 Å². The lowest BCUT2D eigenvalue weighted by Crippen LogP contribution is -2.62. The van der Waals surface area contributed by atoms with E-state index in [1.165, 1.54) is 71.1 Å². The topological polar surface area (TPSA) is 34.1 Å². The summed E-state index contributed by atoms with van der Waals surface area (Å²) in [4.78, 5) is 12.4. The maximum absolute atomic E-state index is 4.61. The van der Waals surface area contributed by atoms with Crippen LogP contribution in [0.5, 0.6) is 0 Å². The molecule has 152 valence electrons. The number of hydrogen-bond acceptors (Lipinski definition) is 3. The smallest absolute Gasteiger partial charge is 0.193 e. The van der Waals surface area contributed by atoms with E-state index in [0.717, 1.165) is 31.5 Å². The summed E-state index contributed by atoms with van der Waals surface area (Å²) in [5.41, 5.74) is 0.325. The normalized spacial score (nSPS) is 26.4. The molecule has 0 saturated carbocycles. The lowest BCUT2D eigenvalue weighted by molar-refractivity contribution is 0.0168. The zero-order chi connectivity index (χ0) is 17.7. The molecule has 3 saturated heterocycles. The van der Waals surface area contributed by atoms with Gasteiger partial charge in [0.25, 0.3) is 0 Å². The van der Waals surface area contributed by atoms with E-state index in [4.69, 9.17) is 0 Å². The summed E-state index contributed by atoms with van der Waals surface area (Å²) in [6.45, 7) is 10.7. The Morgan fingerprint density at radius 1 is 1.00 bits per heavy atom. The first kappa shape index (κ1) is 22.2. The molecule has 26 heavy (non-hydrogen) atoms. The zero-order valence-electron chi connectivity index (χ0n) is 17.2. The summed E-state index contributed by atoms with van der Waals surface area (Å²) < 4.78 is 0. The fraction of sp³-hybridized carbons (Fsp3) is 0.950. The fourth-order valence-corrected chi connectivity index (χ4v) is 4.80. The van der Waals surface area contributed by atoms with Crippen molar-refractivity contribution in [2.75, 3.05) is 59.9 Å². The monoisotopic (exact) mass is 477 g/mol. The number of guanidine groups is 1. The molecule has 0 spiro atoms. The van der Waals surface area contributed by atoms with Crippen LogP contribution in [0.15, 0.2) is 4.99 Å². The molecular formula is C20H40IN5. The molecule has 3 heterocycles. The molecule has 3 aliphatic heterocycles. The van der Waals surface area contributed by atoms with Crippen LogP contribution in [0.3, 0.4) is 0 Å². The number of rotatable bonds is 3. The number of halogens is 1. The summed E-state index contributed by atoms with van der Waals surface area (Å²) >= 11 is 0. The van der Waals surface area contributed by atoms with Crippen LogP contribution in [0.4, 0.5) is 0 Å². The molecule has 5 nitrogen and oxygen atoms in total. The van der Waals surface area contributed by atoms with E-state index in [1.807, 2.05) is 7.05 Å². The van der Waals surface area contributed by atoms with Crippen LogP contribution in [0.1, 0.15) is 51.9 Å². The Hall–Kier alpha value is -0.0800. The second-order valence-corrected chi connectivity index (χ2v) is 8.65. The molecule has 0 radical (unpaired) electrons. The molecule has 1 N–H and O–H groups in total. The quantitative estimate of drug-likeness (QED) is 0.385. The Balaban J connectivity index is 0.00000243. The second kappa shape index (κ2) is 10.5. The lowest BCUT2D eigenvalue weighted by atomic mass is 9.84. The maximum Gasteiger partial charge on any atom is 0.193 e. The molecule has 0 aromatic heterocycles. The minimum absolute atomic E-state index is 0. The van der Waals surface area contributed by atoms with Crippen molar-refractivity contribution in [3.05, 3.63) is 0 Å². The van der Waals surface area contributed by atoms with Crippen LogP contribution >= 0.6 is 24.0 Å². The minimum Gasteiger partial charge on any atom is -0.354 e. The van der Waals surface area contributed by atoms with Crippen molar-refractivity contribution < 1.29 is 0 Å². The minimum atomic E-state index is 0. The SMILES string of the molecule is CN=C(NCC1(N2CCCCC2)CCN(C)CC1)N1CCC(C)CC1.I. The van der Waals surface area contributed by atoms with Crippen molar-refractivity contribution in [2.24, 2.45) is 10.9 Å². The van der Waals surface area contributed by atoms with Gasteiger partial charge in [-0.2, -0.15) is 0 Å². The van der Waals surface area contributed by atoms with Crippen LogP contribution in [0.2, 0.25) is 0 Å². The van der Waals surface area contributed by atoms with Gasteiger partial charge in [-0.1, -0.05) is 13.3 Å². The van der Waals surface area contributed by atoms with Crippen LogP contribution in [-0.4, -0.2) is 86.1 Å². The zero-order valence-corrected chi connectivity index (χ0v) is 19.5. The third kappa shape index (κ3) is 5.47. The summed E-state index contributed by atoms with van der Waals surface area (Å²) in [6.07, 6.45) is 9.31. The van der Waals surface area contributed by atoms with Crippen LogP contribution < -0.4 is 5.32 Å². The molecule has 3 aliphatic rings. The Kier molecular flexibility index (Phi) is 8.94. The highest BCUT2D eigenvalue weighted by atomic mass is 127. The van der Waals surface area contributed by atoms with Gasteiger partial charge in [-0.15, -0.1) is 24.0 Å². The second-order valence-electron chi connectivity index (χ2n) is 8.65. The standard InChI is InChI=1S/C20H39N5.HI/c1-18-7-13-24(14-8-18)19(21-2)22-17-20(9-15-23(3)16-10-20)25-11-5-4-6-12-25;/h18H,4-17H2,1-3H3,(H,21,22);1H.